The predicted octanol–water partition coefficient (Wildman–Crippen LogP) is 0.532. The van der Waals surface area contributed by atoms with E-state index in [9.17, 15) is 13.2 Å². The third-order valence-corrected chi connectivity index (χ3v) is 5.77. The van der Waals surface area contributed by atoms with Crippen molar-refractivity contribution < 1.29 is 18.3 Å². The third-order valence-electron chi connectivity index (χ3n) is 2.99. The van der Waals surface area contributed by atoms with Crippen LogP contribution in [0.5, 0.6) is 0 Å². The quantitative estimate of drug-likeness (QED) is 0.793. The second-order valence-corrected chi connectivity index (χ2v) is 7.78. The predicted molar refractivity (Wildman–Crippen MR) is 75.1 cm³/mol. The van der Waals surface area contributed by atoms with Crippen LogP contribution in [0.4, 0.5) is 0 Å². The number of carboxylic acid groups (broad SMARTS) is 1. The molecule has 0 bridgehead atoms. The second-order valence-electron chi connectivity index (χ2n) is 4.61. The van der Waals surface area contributed by atoms with Crippen molar-refractivity contribution in [2.75, 3.05) is 12.3 Å². The first kappa shape index (κ1) is 15.3. The summed E-state index contributed by atoms with van der Waals surface area (Å²) in [5.41, 5.74) is 0. The van der Waals surface area contributed by atoms with Crippen molar-refractivity contribution in [3.63, 3.8) is 0 Å². The van der Waals surface area contributed by atoms with Crippen molar-refractivity contribution in [1.82, 2.24) is 14.5 Å². The van der Waals surface area contributed by atoms with E-state index in [0.717, 1.165) is 23.3 Å². The topological polar surface area (TPSA) is 101 Å². The highest BCUT2D eigenvalue weighted by Gasteiger charge is 2.20. The fraction of sp³-hybridized carbons (Fsp3) is 0.636. The first-order chi connectivity index (χ1) is 9.47. The maximum atomic E-state index is 12.1. The van der Waals surface area contributed by atoms with Crippen molar-refractivity contribution in [3.05, 3.63) is 12.4 Å². The average molecular weight is 319 g/mol. The molecule has 9 heteroatoms. The van der Waals surface area contributed by atoms with Gasteiger partial charge < -0.3 is 5.11 Å². The summed E-state index contributed by atoms with van der Waals surface area (Å²) in [6.45, 7) is 0.0467. The van der Waals surface area contributed by atoms with Gasteiger partial charge in [-0.05, 0) is 18.6 Å². The Morgan fingerprint density at radius 3 is 3.00 bits per heavy atom. The number of carbonyl (C=O) groups is 1. The van der Waals surface area contributed by atoms with E-state index in [1.165, 1.54) is 18.8 Å². The Morgan fingerprint density at radius 1 is 1.55 bits per heavy atom. The first-order valence-electron chi connectivity index (χ1n) is 6.33. The van der Waals surface area contributed by atoms with E-state index < -0.39 is 16.0 Å². The van der Waals surface area contributed by atoms with Gasteiger partial charge >= 0.3 is 5.97 Å². The van der Waals surface area contributed by atoms with Crippen molar-refractivity contribution in [2.24, 2.45) is 0 Å². The van der Waals surface area contributed by atoms with Gasteiger partial charge in [-0.25, -0.2) is 13.1 Å². The summed E-state index contributed by atoms with van der Waals surface area (Å²) in [6.07, 6.45) is 5.74. The van der Waals surface area contributed by atoms with Crippen LogP contribution in [0.2, 0.25) is 0 Å². The molecule has 0 radical (unpaired) electrons. The molecular weight excluding hydrogens is 302 g/mol. The number of aromatic nitrogens is 2. The summed E-state index contributed by atoms with van der Waals surface area (Å²) in [5.74, 6) is 0.00626. The molecule has 1 aliphatic rings. The minimum absolute atomic E-state index is 0.000408. The standard InChI is InChI=1S/C11H17N3O4S2/c15-11(16)8-14-7-10(6-12-14)20(17,18)13-5-9-3-1-2-4-19-9/h6-7,9,13H,1-5,8H2,(H,15,16). The van der Waals surface area contributed by atoms with Gasteiger partial charge in [0, 0.05) is 18.0 Å². The fourth-order valence-electron chi connectivity index (χ4n) is 1.96. The van der Waals surface area contributed by atoms with Crippen LogP contribution in [-0.4, -0.2) is 46.8 Å². The van der Waals surface area contributed by atoms with Crippen LogP contribution < -0.4 is 4.72 Å². The lowest BCUT2D eigenvalue weighted by molar-refractivity contribution is -0.137. The van der Waals surface area contributed by atoms with Crippen molar-refractivity contribution >= 4 is 27.8 Å². The molecule has 2 heterocycles. The Balaban J connectivity index is 1.95. The maximum Gasteiger partial charge on any atom is 0.325 e. The summed E-state index contributed by atoms with van der Waals surface area (Å²) in [7, 11) is -3.61. The van der Waals surface area contributed by atoms with Crippen LogP contribution in [0.1, 0.15) is 19.3 Å². The number of carboxylic acids is 1. The van der Waals surface area contributed by atoms with Gasteiger partial charge in [0.25, 0.3) is 0 Å². The maximum absolute atomic E-state index is 12.1. The molecule has 7 nitrogen and oxygen atoms in total. The largest absolute Gasteiger partial charge is 0.480 e. The Bertz CT molecular complexity index is 564. The SMILES string of the molecule is O=C(O)Cn1cc(S(=O)(=O)NCC2CCCCS2)cn1. The van der Waals surface area contributed by atoms with Crippen LogP contribution in [0.25, 0.3) is 0 Å². The summed E-state index contributed by atoms with van der Waals surface area (Å²) in [5, 5.41) is 12.7. The molecule has 2 rings (SSSR count). The zero-order valence-corrected chi connectivity index (χ0v) is 12.5. The number of nitrogens with one attached hydrogen (secondary N) is 1. The molecule has 1 saturated heterocycles. The molecule has 0 saturated carbocycles. The zero-order valence-electron chi connectivity index (χ0n) is 10.9. The molecule has 1 aromatic rings. The van der Waals surface area contributed by atoms with E-state index in [1.807, 2.05) is 0 Å². The number of nitrogens with zero attached hydrogens (tertiary/aromatic N) is 2. The zero-order chi connectivity index (χ0) is 14.6. The Kier molecular flexibility index (Phi) is 5.06. The highest BCUT2D eigenvalue weighted by molar-refractivity contribution is 8.00. The number of hydrogen-bond donors (Lipinski definition) is 2. The lowest BCUT2D eigenvalue weighted by Gasteiger charge is -2.21. The number of hydrogen-bond acceptors (Lipinski definition) is 5. The van der Waals surface area contributed by atoms with Gasteiger partial charge in [0.2, 0.25) is 10.0 Å². The van der Waals surface area contributed by atoms with Gasteiger partial charge in [-0.3, -0.25) is 9.48 Å². The van der Waals surface area contributed by atoms with E-state index in [4.69, 9.17) is 5.11 Å². The molecule has 2 N–H and O–H groups in total. The van der Waals surface area contributed by atoms with Crippen molar-refractivity contribution in [3.8, 4) is 0 Å². The molecule has 0 aromatic carbocycles. The second kappa shape index (κ2) is 6.59. The van der Waals surface area contributed by atoms with Gasteiger partial charge in [0.05, 0.1) is 6.20 Å². The monoisotopic (exact) mass is 319 g/mol. The van der Waals surface area contributed by atoms with Gasteiger partial charge in [-0.15, -0.1) is 0 Å². The molecule has 1 aliphatic heterocycles. The van der Waals surface area contributed by atoms with Gasteiger partial charge in [-0.2, -0.15) is 16.9 Å². The summed E-state index contributed by atoms with van der Waals surface area (Å²) < 4.78 is 27.8. The van der Waals surface area contributed by atoms with Crippen LogP contribution >= 0.6 is 11.8 Å². The fourth-order valence-corrected chi connectivity index (χ4v) is 4.34. The van der Waals surface area contributed by atoms with Crippen molar-refractivity contribution in [2.45, 2.75) is 36.0 Å². The third kappa shape index (κ3) is 4.22. The Hall–Kier alpha value is -1.06. The van der Waals surface area contributed by atoms with Crippen LogP contribution in [0.15, 0.2) is 17.3 Å². The number of aliphatic carboxylic acids is 1. The van der Waals surface area contributed by atoms with E-state index in [1.54, 1.807) is 11.8 Å². The van der Waals surface area contributed by atoms with E-state index >= 15 is 0 Å². The Labute approximate surface area is 121 Å². The lowest BCUT2D eigenvalue weighted by atomic mass is 10.2. The summed E-state index contributed by atoms with van der Waals surface area (Å²) in [4.78, 5) is 10.5. The van der Waals surface area contributed by atoms with Gasteiger partial charge in [0.15, 0.2) is 0 Å². The van der Waals surface area contributed by atoms with E-state index in [-0.39, 0.29) is 11.4 Å². The molecule has 1 fully saturated rings. The number of thioether (sulfide) groups is 1. The molecule has 0 amide bonds. The van der Waals surface area contributed by atoms with Gasteiger partial charge in [-0.1, -0.05) is 6.42 Å². The minimum atomic E-state index is -3.61. The normalized spacial score (nSPS) is 19.9. The summed E-state index contributed by atoms with van der Waals surface area (Å²) in [6, 6.07) is 0. The smallest absolute Gasteiger partial charge is 0.325 e. The van der Waals surface area contributed by atoms with E-state index in [0.29, 0.717) is 11.8 Å². The molecule has 112 valence electrons. The minimum Gasteiger partial charge on any atom is -0.480 e. The van der Waals surface area contributed by atoms with Crippen LogP contribution in [0.3, 0.4) is 0 Å². The highest BCUT2D eigenvalue weighted by Crippen LogP contribution is 2.24. The van der Waals surface area contributed by atoms with Gasteiger partial charge in [0.1, 0.15) is 11.4 Å². The number of rotatable bonds is 6. The highest BCUT2D eigenvalue weighted by atomic mass is 32.2. The average Bonchev–Trinajstić information content (AvgIpc) is 2.86. The lowest BCUT2D eigenvalue weighted by Crippen LogP contribution is -2.31. The molecule has 20 heavy (non-hydrogen) atoms. The summed E-state index contributed by atoms with van der Waals surface area (Å²) >= 11 is 1.79. The molecule has 1 aromatic heterocycles. The number of sulfonamides is 1. The van der Waals surface area contributed by atoms with Crippen LogP contribution in [-0.2, 0) is 21.4 Å². The van der Waals surface area contributed by atoms with Crippen molar-refractivity contribution in [1.29, 1.82) is 0 Å². The molecule has 0 spiro atoms. The molecule has 1 unspecified atom stereocenters. The van der Waals surface area contributed by atoms with Crippen LogP contribution in [0, 0.1) is 0 Å². The first-order valence-corrected chi connectivity index (χ1v) is 8.86. The molecular formula is C11H17N3O4S2. The Morgan fingerprint density at radius 2 is 2.35 bits per heavy atom. The van der Waals surface area contributed by atoms with E-state index in [2.05, 4.69) is 9.82 Å². The molecule has 1 atom stereocenters. The molecule has 0 aliphatic carbocycles.